The summed E-state index contributed by atoms with van der Waals surface area (Å²) >= 11 is 0. The lowest BCUT2D eigenvalue weighted by Crippen LogP contribution is -2.51. The fraction of sp³-hybridized carbons (Fsp3) is 0.455. The summed E-state index contributed by atoms with van der Waals surface area (Å²) in [6.45, 7) is 2.65. The SMILES string of the molecule is O=C(O)C(F)(F)F.O=C(O)C(F)(F)F.c1cncc(CN2CCO[C@H]3[C@@H](Oc4cccnc4)CC[C@@H]32)c1. The van der Waals surface area contributed by atoms with E-state index in [1.54, 1.807) is 12.4 Å². The molecular formula is C22H23F6N3O6. The second kappa shape index (κ2) is 13.2. The Kier molecular flexibility index (Phi) is 10.6. The quantitative estimate of drug-likeness (QED) is 0.562. The molecule has 9 nitrogen and oxygen atoms in total. The number of morpholine rings is 1. The highest BCUT2D eigenvalue weighted by Crippen LogP contribution is 2.33. The van der Waals surface area contributed by atoms with E-state index >= 15 is 0 Å². The fourth-order valence-corrected chi connectivity index (χ4v) is 3.63. The van der Waals surface area contributed by atoms with Gasteiger partial charge in [0.05, 0.1) is 12.8 Å². The van der Waals surface area contributed by atoms with Crippen molar-refractivity contribution in [2.45, 2.75) is 50.0 Å². The standard InChI is InChI=1S/C18H21N3O2.2C2HF3O2/c1-3-14(11-19-7-1)13-21-9-10-22-18-16(21)5-6-17(18)23-15-4-2-8-20-12-15;2*3-2(4,5)1(6)7/h1-4,7-8,11-12,16-18H,5-6,9-10,13H2;2*(H,6,7)/t16-,17-,18+;;/m0../s1. The van der Waals surface area contributed by atoms with E-state index in [9.17, 15) is 26.3 Å². The highest BCUT2D eigenvalue weighted by molar-refractivity contribution is 5.73. The Bertz CT molecular complexity index is 970. The van der Waals surface area contributed by atoms with Crippen LogP contribution in [0.4, 0.5) is 26.3 Å². The Morgan fingerprint density at radius 1 is 0.973 bits per heavy atom. The second-order valence-corrected chi connectivity index (χ2v) is 7.76. The number of alkyl halides is 6. The Morgan fingerprint density at radius 3 is 2.03 bits per heavy atom. The van der Waals surface area contributed by atoms with Crippen LogP contribution >= 0.6 is 0 Å². The fourth-order valence-electron chi connectivity index (χ4n) is 3.63. The van der Waals surface area contributed by atoms with Crippen molar-refractivity contribution in [2.24, 2.45) is 0 Å². The zero-order chi connectivity index (χ0) is 27.6. The lowest BCUT2D eigenvalue weighted by atomic mass is 10.1. The molecule has 3 heterocycles. The summed E-state index contributed by atoms with van der Waals surface area (Å²) in [4.78, 5) is 28.6. The number of halogens is 6. The number of pyridine rings is 2. The van der Waals surface area contributed by atoms with E-state index in [2.05, 4.69) is 20.9 Å². The van der Waals surface area contributed by atoms with Crippen molar-refractivity contribution >= 4 is 11.9 Å². The minimum absolute atomic E-state index is 0.112. The number of hydrogen-bond donors (Lipinski definition) is 2. The van der Waals surface area contributed by atoms with Crippen molar-refractivity contribution < 1.29 is 55.6 Å². The molecule has 2 aliphatic rings. The molecule has 4 rings (SSSR count). The third-order valence-corrected chi connectivity index (χ3v) is 5.17. The Labute approximate surface area is 206 Å². The number of carbonyl (C=O) groups is 2. The van der Waals surface area contributed by atoms with Crippen molar-refractivity contribution in [1.29, 1.82) is 0 Å². The number of carboxylic acid groups (broad SMARTS) is 2. The molecule has 2 aromatic rings. The molecule has 3 atom stereocenters. The van der Waals surface area contributed by atoms with E-state index in [4.69, 9.17) is 29.3 Å². The van der Waals surface area contributed by atoms with E-state index < -0.39 is 24.3 Å². The highest BCUT2D eigenvalue weighted by atomic mass is 19.4. The van der Waals surface area contributed by atoms with E-state index in [1.165, 1.54) is 5.56 Å². The van der Waals surface area contributed by atoms with Crippen molar-refractivity contribution in [3.8, 4) is 5.75 Å². The van der Waals surface area contributed by atoms with E-state index in [1.807, 2.05) is 30.6 Å². The molecule has 0 amide bonds. The van der Waals surface area contributed by atoms with Gasteiger partial charge < -0.3 is 19.7 Å². The average molecular weight is 539 g/mol. The number of fused-ring (bicyclic) bond motifs is 1. The summed E-state index contributed by atoms with van der Waals surface area (Å²) in [7, 11) is 0. The Hall–Kier alpha value is -3.46. The molecule has 1 saturated heterocycles. The number of rotatable bonds is 4. The van der Waals surface area contributed by atoms with E-state index in [-0.39, 0.29) is 12.2 Å². The van der Waals surface area contributed by atoms with Gasteiger partial charge in [0.2, 0.25) is 0 Å². The number of hydrogen-bond acceptors (Lipinski definition) is 7. The van der Waals surface area contributed by atoms with Gasteiger partial charge in [-0.15, -0.1) is 0 Å². The number of ether oxygens (including phenoxy) is 2. The molecule has 0 spiro atoms. The second-order valence-electron chi connectivity index (χ2n) is 7.76. The molecule has 1 aliphatic heterocycles. The molecule has 0 bridgehead atoms. The third kappa shape index (κ3) is 9.84. The van der Waals surface area contributed by atoms with Crippen LogP contribution in [0, 0.1) is 0 Å². The monoisotopic (exact) mass is 539 g/mol. The van der Waals surface area contributed by atoms with Crippen LogP contribution in [0.15, 0.2) is 49.1 Å². The molecule has 0 unspecified atom stereocenters. The minimum Gasteiger partial charge on any atom is -0.486 e. The summed E-state index contributed by atoms with van der Waals surface area (Å²) in [6, 6.07) is 8.41. The number of aliphatic carboxylic acids is 2. The zero-order valence-electron chi connectivity index (χ0n) is 19.0. The third-order valence-electron chi connectivity index (χ3n) is 5.17. The Morgan fingerprint density at radius 2 is 1.54 bits per heavy atom. The molecule has 1 saturated carbocycles. The van der Waals surface area contributed by atoms with Crippen LogP contribution in [0.25, 0.3) is 0 Å². The topological polar surface area (TPSA) is 122 Å². The predicted molar refractivity (Wildman–Crippen MR) is 113 cm³/mol. The van der Waals surface area contributed by atoms with Crippen molar-refractivity contribution in [3.05, 3.63) is 54.6 Å². The van der Waals surface area contributed by atoms with Gasteiger partial charge in [0.1, 0.15) is 18.0 Å². The maximum Gasteiger partial charge on any atom is 0.490 e. The Balaban J connectivity index is 0.000000286. The first-order chi connectivity index (χ1) is 17.3. The molecule has 0 radical (unpaired) electrons. The summed E-state index contributed by atoms with van der Waals surface area (Å²) in [5, 5.41) is 14.2. The molecule has 37 heavy (non-hydrogen) atoms. The van der Waals surface area contributed by atoms with Crippen LogP contribution in [0.2, 0.25) is 0 Å². The molecule has 2 fully saturated rings. The van der Waals surface area contributed by atoms with Gasteiger partial charge in [0.15, 0.2) is 0 Å². The maximum absolute atomic E-state index is 10.6. The van der Waals surface area contributed by atoms with Crippen LogP contribution in [0.3, 0.4) is 0 Å². The minimum atomic E-state index is -5.08. The summed E-state index contributed by atoms with van der Waals surface area (Å²) in [5.74, 6) is -4.69. The molecule has 1 aliphatic carbocycles. The van der Waals surface area contributed by atoms with Crippen molar-refractivity contribution in [3.63, 3.8) is 0 Å². The maximum atomic E-state index is 10.6. The normalized spacial score (nSPS) is 21.4. The van der Waals surface area contributed by atoms with Crippen LogP contribution < -0.4 is 4.74 Å². The molecule has 15 heteroatoms. The lowest BCUT2D eigenvalue weighted by molar-refractivity contribution is -0.193. The first kappa shape index (κ1) is 29.8. The van der Waals surface area contributed by atoms with Gasteiger partial charge in [-0.05, 0) is 36.6 Å². The molecule has 2 N–H and O–H groups in total. The van der Waals surface area contributed by atoms with Crippen LogP contribution in [-0.2, 0) is 20.9 Å². The molecule has 2 aromatic heterocycles. The van der Waals surface area contributed by atoms with Crippen molar-refractivity contribution in [2.75, 3.05) is 13.2 Å². The largest absolute Gasteiger partial charge is 0.490 e. The van der Waals surface area contributed by atoms with Gasteiger partial charge in [-0.2, -0.15) is 26.3 Å². The molecule has 204 valence electrons. The van der Waals surface area contributed by atoms with Gasteiger partial charge in [0.25, 0.3) is 0 Å². The first-order valence-electron chi connectivity index (χ1n) is 10.7. The van der Waals surface area contributed by atoms with Crippen LogP contribution in [-0.4, -0.2) is 80.8 Å². The molecular weight excluding hydrogens is 516 g/mol. The summed E-state index contributed by atoms with van der Waals surface area (Å²) in [5.41, 5.74) is 1.25. The smallest absolute Gasteiger partial charge is 0.486 e. The molecule has 0 aromatic carbocycles. The van der Waals surface area contributed by atoms with Gasteiger partial charge in [0, 0.05) is 37.7 Å². The number of carboxylic acids is 2. The van der Waals surface area contributed by atoms with Crippen LogP contribution in [0.5, 0.6) is 5.75 Å². The predicted octanol–water partition coefficient (Wildman–Crippen LogP) is 3.55. The lowest BCUT2D eigenvalue weighted by Gasteiger charge is -2.39. The number of aromatic nitrogens is 2. The highest BCUT2D eigenvalue weighted by Gasteiger charge is 2.44. The summed E-state index contributed by atoms with van der Waals surface area (Å²) in [6.07, 6.45) is -0.492. The van der Waals surface area contributed by atoms with Crippen LogP contribution in [0.1, 0.15) is 18.4 Å². The van der Waals surface area contributed by atoms with Gasteiger partial charge in [-0.1, -0.05) is 6.07 Å². The van der Waals surface area contributed by atoms with Gasteiger partial charge >= 0.3 is 24.3 Å². The summed E-state index contributed by atoms with van der Waals surface area (Å²) < 4.78 is 75.6. The number of nitrogens with zero attached hydrogens (tertiary/aromatic N) is 3. The van der Waals surface area contributed by atoms with E-state index in [0.717, 1.165) is 38.3 Å². The van der Waals surface area contributed by atoms with Gasteiger partial charge in [-0.3, -0.25) is 14.9 Å². The average Bonchev–Trinajstić information content (AvgIpc) is 3.24. The van der Waals surface area contributed by atoms with Gasteiger partial charge in [-0.25, -0.2) is 9.59 Å². The van der Waals surface area contributed by atoms with E-state index in [0.29, 0.717) is 6.04 Å². The van der Waals surface area contributed by atoms with Crippen molar-refractivity contribution in [1.82, 2.24) is 14.9 Å². The first-order valence-corrected chi connectivity index (χ1v) is 10.7. The zero-order valence-corrected chi connectivity index (χ0v) is 19.0.